The predicted molar refractivity (Wildman–Crippen MR) is 56.8 cm³/mol. The van der Waals surface area contributed by atoms with Gasteiger partial charge in [0.1, 0.15) is 0 Å². The van der Waals surface area contributed by atoms with E-state index in [-0.39, 0.29) is 5.91 Å². The summed E-state index contributed by atoms with van der Waals surface area (Å²) in [6, 6.07) is 8.04. The predicted octanol–water partition coefficient (Wildman–Crippen LogP) is 1.22. The SMILES string of the molecule is O=C1Cc2ccccc2N1CC1COC1. The van der Waals surface area contributed by atoms with E-state index in [2.05, 4.69) is 0 Å². The quantitative estimate of drug-likeness (QED) is 0.723. The van der Waals surface area contributed by atoms with Gasteiger partial charge >= 0.3 is 0 Å². The monoisotopic (exact) mass is 203 g/mol. The maximum absolute atomic E-state index is 11.8. The molecule has 78 valence electrons. The average Bonchev–Trinajstić information content (AvgIpc) is 2.48. The lowest BCUT2D eigenvalue weighted by Crippen LogP contribution is -2.40. The number of amides is 1. The Bertz CT molecular complexity index is 398. The van der Waals surface area contributed by atoms with Gasteiger partial charge in [0.05, 0.1) is 19.6 Å². The van der Waals surface area contributed by atoms with Crippen LogP contribution in [0.4, 0.5) is 5.69 Å². The van der Waals surface area contributed by atoms with Crippen molar-refractivity contribution in [2.75, 3.05) is 24.7 Å². The molecular formula is C12H13NO2. The summed E-state index contributed by atoms with van der Waals surface area (Å²) in [6.45, 7) is 2.41. The summed E-state index contributed by atoms with van der Waals surface area (Å²) >= 11 is 0. The molecule has 3 heteroatoms. The molecule has 1 aromatic rings. The highest BCUT2D eigenvalue weighted by Gasteiger charge is 2.30. The van der Waals surface area contributed by atoms with Crippen LogP contribution in [-0.4, -0.2) is 25.7 Å². The molecule has 2 heterocycles. The molecule has 2 aliphatic rings. The normalized spacial score (nSPS) is 20.3. The van der Waals surface area contributed by atoms with Crippen LogP contribution in [0.2, 0.25) is 0 Å². The van der Waals surface area contributed by atoms with Gasteiger partial charge in [-0.1, -0.05) is 18.2 Å². The van der Waals surface area contributed by atoms with Crippen LogP contribution in [0.15, 0.2) is 24.3 Å². The molecule has 1 saturated heterocycles. The highest BCUT2D eigenvalue weighted by molar-refractivity contribution is 6.01. The fraction of sp³-hybridized carbons (Fsp3) is 0.417. The van der Waals surface area contributed by atoms with Gasteiger partial charge in [-0.2, -0.15) is 0 Å². The van der Waals surface area contributed by atoms with Crippen molar-refractivity contribution in [3.05, 3.63) is 29.8 Å². The summed E-state index contributed by atoms with van der Waals surface area (Å²) in [6.07, 6.45) is 0.559. The lowest BCUT2D eigenvalue weighted by Gasteiger charge is -2.30. The first-order valence-corrected chi connectivity index (χ1v) is 5.30. The maximum Gasteiger partial charge on any atom is 0.231 e. The van der Waals surface area contributed by atoms with Gasteiger partial charge in [0.25, 0.3) is 0 Å². The number of para-hydroxylation sites is 1. The summed E-state index contributed by atoms with van der Waals surface area (Å²) < 4.78 is 5.13. The van der Waals surface area contributed by atoms with E-state index in [1.807, 2.05) is 29.2 Å². The first kappa shape index (κ1) is 8.92. The standard InChI is InChI=1S/C12H13NO2/c14-12-5-10-3-1-2-4-11(10)13(12)6-9-7-15-8-9/h1-4,9H,5-8H2. The molecule has 0 bridgehead atoms. The van der Waals surface area contributed by atoms with E-state index in [9.17, 15) is 4.79 Å². The Morgan fingerprint density at radius 2 is 2.13 bits per heavy atom. The Hall–Kier alpha value is -1.35. The third-order valence-electron chi connectivity index (χ3n) is 3.07. The van der Waals surface area contributed by atoms with Crippen molar-refractivity contribution in [1.82, 2.24) is 0 Å². The van der Waals surface area contributed by atoms with Gasteiger partial charge in [-0.25, -0.2) is 0 Å². The minimum Gasteiger partial charge on any atom is -0.381 e. The minimum absolute atomic E-state index is 0.225. The van der Waals surface area contributed by atoms with E-state index in [0.717, 1.165) is 31.0 Å². The van der Waals surface area contributed by atoms with Crippen LogP contribution in [0.25, 0.3) is 0 Å². The molecule has 0 atom stereocenters. The number of hydrogen-bond donors (Lipinski definition) is 0. The summed E-state index contributed by atoms with van der Waals surface area (Å²) in [5.41, 5.74) is 2.25. The lowest BCUT2D eigenvalue weighted by molar-refractivity contribution is -0.118. The summed E-state index contributed by atoms with van der Waals surface area (Å²) in [5, 5.41) is 0. The third kappa shape index (κ3) is 1.43. The van der Waals surface area contributed by atoms with Crippen molar-refractivity contribution in [2.45, 2.75) is 6.42 Å². The molecule has 0 spiro atoms. The number of hydrogen-bond acceptors (Lipinski definition) is 2. The first-order chi connectivity index (χ1) is 7.34. The highest BCUT2D eigenvalue weighted by Crippen LogP contribution is 2.29. The second kappa shape index (κ2) is 3.35. The number of carbonyl (C=O) groups excluding carboxylic acids is 1. The molecule has 3 nitrogen and oxygen atoms in total. The van der Waals surface area contributed by atoms with Gasteiger partial charge in [0.2, 0.25) is 5.91 Å². The Kier molecular flexibility index (Phi) is 1.99. The van der Waals surface area contributed by atoms with Crippen molar-refractivity contribution in [3.8, 4) is 0 Å². The van der Waals surface area contributed by atoms with Crippen LogP contribution < -0.4 is 4.90 Å². The number of anilines is 1. The van der Waals surface area contributed by atoms with Crippen molar-refractivity contribution in [2.24, 2.45) is 5.92 Å². The number of ether oxygens (including phenoxy) is 1. The van der Waals surface area contributed by atoms with Gasteiger partial charge in [0, 0.05) is 18.2 Å². The van der Waals surface area contributed by atoms with Gasteiger partial charge in [-0.15, -0.1) is 0 Å². The molecule has 0 saturated carbocycles. The van der Waals surface area contributed by atoms with Gasteiger partial charge in [-0.3, -0.25) is 4.79 Å². The largest absolute Gasteiger partial charge is 0.381 e. The smallest absolute Gasteiger partial charge is 0.231 e. The Morgan fingerprint density at radius 3 is 2.87 bits per heavy atom. The molecule has 1 amide bonds. The molecule has 0 aromatic heterocycles. The molecule has 1 aromatic carbocycles. The molecule has 3 rings (SSSR count). The fourth-order valence-corrected chi connectivity index (χ4v) is 2.16. The number of benzene rings is 1. The summed E-state index contributed by atoms with van der Waals surface area (Å²) in [5.74, 6) is 0.753. The van der Waals surface area contributed by atoms with Gasteiger partial charge in [-0.05, 0) is 11.6 Å². The van der Waals surface area contributed by atoms with Crippen LogP contribution in [0.5, 0.6) is 0 Å². The molecule has 0 radical (unpaired) electrons. The molecule has 0 unspecified atom stereocenters. The molecule has 0 aliphatic carbocycles. The Balaban J connectivity index is 1.85. The average molecular weight is 203 g/mol. The van der Waals surface area contributed by atoms with Crippen LogP contribution in [0.3, 0.4) is 0 Å². The van der Waals surface area contributed by atoms with Crippen LogP contribution in [0.1, 0.15) is 5.56 Å². The molecule has 0 N–H and O–H groups in total. The number of rotatable bonds is 2. The minimum atomic E-state index is 0.225. The van der Waals surface area contributed by atoms with Gasteiger partial charge in [0.15, 0.2) is 0 Å². The highest BCUT2D eigenvalue weighted by atomic mass is 16.5. The van der Waals surface area contributed by atoms with Crippen molar-refractivity contribution in [1.29, 1.82) is 0 Å². The molecule has 15 heavy (non-hydrogen) atoms. The first-order valence-electron chi connectivity index (χ1n) is 5.30. The van der Waals surface area contributed by atoms with Crippen molar-refractivity contribution >= 4 is 11.6 Å². The Labute approximate surface area is 88.6 Å². The van der Waals surface area contributed by atoms with E-state index in [0.29, 0.717) is 12.3 Å². The van der Waals surface area contributed by atoms with Gasteiger partial charge < -0.3 is 9.64 Å². The zero-order chi connectivity index (χ0) is 10.3. The van der Waals surface area contributed by atoms with E-state index >= 15 is 0 Å². The molecular weight excluding hydrogens is 190 g/mol. The van der Waals surface area contributed by atoms with E-state index in [1.54, 1.807) is 0 Å². The summed E-state index contributed by atoms with van der Waals surface area (Å²) in [4.78, 5) is 13.7. The van der Waals surface area contributed by atoms with Crippen molar-refractivity contribution in [3.63, 3.8) is 0 Å². The molecule has 2 aliphatic heterocycles. The number of carbonyl (C=O) groups is 1. The zero-order valence-corrected chi connectivity index (χ0v) is 8.48. The fourth-order valence-electron chi connectivity index (χ4n) is 2.16. The molecule has 1 fully saturated rings. The second-order valence-electron chi connectivity index (χ2n) is 4.21. The number of nitrogens with zero attached hydrogens (tertiary/aromatic N) is 1. The third-order valence-corrected chi connectivity index (χ3v) is 3.07. The number of fused-ring (bicyclic) bond motifs is 1. The second-order valence-corrected chi connectivity index (χ2v) is 4.21. The van der Waals surface area contributed by atoms with Crippen LogP contribution in [-0.2, 0) is 16.0 Å². The Morgan fingerprint density at radius 1 is 1.33 bits per heavy atom. The van der Waals surface area contributed by atoms with E-state index in [4.69, 9.17) is 4.74 Å². The van der Waals surface area contributed by atoms with Crippen molar-refractivity contribution < 1.29 is 9.53 Å². The van der Waals surface area contributed by atoms with Crippen LogP contribution >= 0.6 is 0 Å². The van der Waals surface area contributed by atoms with Crippen LogP contribution in [0, 0.1) is 5.92 Å². The van der Waals surface area contributed by atoms with E-state index in [1.165, 1.54) is 0 Å². The summed E-state index contributed by atoms with van der Waals surface area (Å²) in [7, 11) is 0. The maximum atomic E-state index is 11.8. The zero-order valence-electron chi connectivity index (χ0n) is 8.48. The lowest BCUT2D eigenvalue weighted by atomic mass is 10.1. The topological polar surface area (TPSA) is 29.5 Å². The van der Waals surface area contributed by atoms with E-state index < -0.39 is 0 Å².